The van der Waals surface area contributed by atoms with E-state index in [2.05, 4.69) is 19.2 Å². The summed E-state index contributed by atoms with van der Waals surface area (Å²) in [6, 6.07) is 0. The Balaban J connectivity index is 2.51. The molecular formula is C16H31NO2. The Bertz CT molecular complexity index is 291. The molecule has 0 heterocycles. The molecule has 0 spiro atoms. The molecule has 0 aromatic heterocycles. The number of hydrogen-bond donors (Lipinski definition) is 1. The van der Waals surface area contributed by atoms with Crippen molar-refractivity contribution >= 4 is 5.97 Å². The van der Waals surface area contributed by atoms with Crippen LogP contribution in [0.3, 0.4) is 0 Å². The van der Waals surface area contributed by atoms with E-state index in [9.17, 15) is 4.79 Å². The molecule has 1 aliphatic carbocycles. The van der Waals surface area contributed by atoms with Crippen molar-refractivity contribution in [3.05, 3.63) is 0 Å². The molecule has 0 aromatic rings. The largest absolute Gasteiger partial charge is 0.465 e. The molecule has 1 fully saturated rings. The van der Waals surface area contributed by atoms with Crippen molar-refractivity contribution in [1.82, 2.24) is 5.32 Å². The van der Waals surface area contributed by atoms with Gasteiger partial charge in [0.25, 0.3) is 0 Å². The quantitative estimate of drug-likeness (QED) is 0.750. The molecule has 0 unspecified atom stereocenters. The lowest BCUT2D eigenvalue weighted by atomic mass is 9.71. The summed E-state index contributed by atoms with van der Waals surface area (Å²) >= 11 is 0. The predicted octanol–water partition coefficient (Wildman–Crippen LogP) is 3.52. The SMILES string of the molecule is CCOC(=O)C(C)(C)NCC(C)(C)C1CCCCC1. The van der Waals surface area contributed by atoms with E-state index in [1.807, 2.05) is 20.8 Å². The molecule has 1 saturated carbocycles. The van der Waals surface area contributed by atoms with Crippen LogP contribution in [0, 0.1) is 11.3 Å². The summed E-state index contributed by atoms with van der Waals surface area (Å²) in [5.74, 6) is 0.612. The maximum atomic E-state index is 11.9. The van der Waals surface area contributed by atoms with E-state index in [1.165, 1.54) is 32.1 Å². The molecule has 3 heteroatoms. The number of ether oxygens (including phenoxy) is 1. The van der Waals surface area contributed by atoms with Gasteiger partial charge in [0.1, 0.15) is 5.54 Å². The maximum Gasteiger partial charge on any atom is 0.325 e. The van der Waals surface area contributed by atoms with Crippen LogP contribution in [0.4, 0.5) is 0 Å². The first-order valence-corrected chi connectivity index (χ1v) is 7.72. The fourth-order valence-electron chi connectivity index (χ4n) is 2.86. The van der Waals surface area contributed by atoms with E-state index in [-0.39, 0.29) is 11.4 Å². The van der Waals surface area contributed by atoms with Crippen molar-refractivity contribution in [3.63, 3.8) is 0 Å². The smallest absolute Gasteiger partial charge is 0.325 e. The van der Waals surface area contributed by atoms with Crippen LogP contribution in [0.15, 0.2) is 0 Å². The number of esters is 1. The van der Waals surface area contributed by atoms with Crippen LogP contribution in [0.5, 0.6) is 0 Å². The lowest BCUT2D eigenvalue weighted by Crippen LogP contribution is -2.52. The standard InChI is InChI=1S/C16H31NO2/c1-6-19-14(18)16(4,5)17-12-15(2,3)13-10-8-7-9-11-13/h13,17H,6-12H2,1-5H3. The first-order chi connectivity index (χ1) is 8.79. The van der Waals surface area contributed by atoms with Gasteiger partial charge in [0.15, 0.2) is 0 Å². The van der Waals surface area contributed by atoms with Crippen molar-refractivity contribution in [3.8, 4) is 0 Å². The molecule has 0 saturated heterocycles. The van der Waals surface area contributed by atoms with E-state index in [0.717, 1.165) is 12.5 Å². The van der Waals surface area contributed by atoms with Crippen LogP contribution >= 0.6 is 0 Å². The molecule has 1 rings (SSSR count). The summed E-state index contributed by atoms with van der Waals surface area (Å²) in [6.45, 7) is 11.6. The summed E-state index contributed by atoms with van der Waals surface area (Å²) in [5, 5.41) is 3.41. The van der Waals surface area contributed by atoms with Crippen molar-refractivity contribution in [2.75, 3.05) is 13.2 Å². The van der Waals surface area contributed by atoms with Gasteiger partial charge < -0.3 is 10.1 Å². The van der Waals surface area contributed by atoms with Crippen molar-refractivity contribution in [2.24, 2.45) is 11.3 Å². The van der Waals surface area contributed by atoms with Gasteiger partial charge in [-0.15, -0.1) is 0 Å². The highest BCUT2D eigenvalue weighted by Gasteiger charge is 2.35. The highest BCUT2D eigenvalue weighted by atomic mass is 16.5. The lowest BCUT2D eigenvalue weighted by Gasteiger charge is -2.39. The average Bonchev–Trinajstić information content (AvgIpc) is 2.38. The second kappa shape index (κ2) is 6.74. The number of carbonyl (C=O) groups is 1. The van der Waals surface area contributed by atoms with Gasteiger partial charge in [-0.25, -0.2) is 0 Å². The fourth-order valence-corrected chi connectivity index (χ4v) is 2.86. The van der Waals surface area contributed by atoms with Crippen molar-refractivity contribution in [1.29, 1.82) is 0 Å². The Morgan fingerprint density at radius 2 is 1.74 bits per heavy atom. The Kier molecular flexibility index (Phi) is 5.84. The monoisotopic (exact) mass is 269 g/mol. The molecule has 0 radical (unpaired) electrons. The minimum Gasteiger partial charge on any atom is -0.465 e. The summed E-state index contributed by atoms with van der Waals surface area (Å²) in [7, 11) is 0. The first-order valence-electron chi connectivity index (χ1n) is 7.72. The number of hydrogen-bond acceptors (Lipinski definition) is 3. The topological polar surface area (TPSA) is 38.3 Å². The van der Waals surface area contributed by atoms with Gasteiger partial charge in [0.2, 0.25) is 0 Å². The zero-order valence-electron chi connectivity index (χ0n) is 13.3. The van der Waals surface area contributed by atoms with Crippen LogP contribution in [0.2, 0.25) is 0 Å². The van der Waals surface area contributed by atoms with Gasteiger partial charge in [-0.2, -0.15) is 0 Å². The summed E-state index contributed by atoms with van der Waals surface area (Å²) in [6.07, 6.45) is 6.75. The van der Waals surface area contributed by atoms with Crippen molar-refractivity contribution < 1.29 is 9.53 Å². The summed E-state index contributed by atoms with van der Waals surface area (Å²) < 4.78 is 5.12. The Labute approximate surface area is 118 Å². The zero-order valence-corrected chi connectivity index (χ0v) is 13.3. The third-order valence-electron chi connectivity index (χ3n) is 4.48. The van der Waals surface area contributed by atoms with Crippen LogP contribution in [-0.4, -0.2) is 24.7 Å². The molecule has 0 atom stereocenters. The van der Waals surface area contributed by atoms with Gasteiger partial charge in [0.05, 0.1) is 6.61 Å². The normalized spacial score (nSPS) is 18.4. The highest BCUT2D eigenvalue weighted by molar-refractivity contribution is 5.79. The Morgan fingerprint density at radius 3 is 2.26 bits per heavy atom. The molecule has 0 amide bonds. The summed E-state index contributed by atoms with van der Waals surface area (Å²) in [5.41, 5.74) is -0.355. The molecule has 0 aliphatic heterocycles. The first kappa shape index (κ1) is 16.5. The lowest BCUT2D eigenvalue weighted by molar-refractivity contribution is -0.150. The molecule has 19 heavy (non-hydrogen) atoms. The molecule has 1 N–H and O–H groups in total. The third kappa shape index (κ3) is 4.79. The van der Waals surface area contributed by atoms with E-state index in [0.29, 0.717) is 6.61 Å². The van der Waals surface area contributed by atoms with Gasteiger partial charge >= 0.3 is 5.97 Å². The second-order valence-corrected chi connectivity index (χ2v) is 7.02. The van der Waals surface area contributed by atoms with Crippen molar-refractivity contribution in [2.45, 2.75) is 72.3 Å². The van der Waals surface area contributed by atoms with Crippen LogP contribution in [0.1, 0.15) is 66.7 Å². The van der Waals surface area contributed by atoms with Gasteiger partial charge in [-0.1, -0.05) is 33.1 Å². The molecule has 112 valence electrons. The number of nitrogens with one attached hydrogen (secondary N) is 1. The molecule has 0 aromatic carbocycles. The third-order valence-corrected chi connectivity index (χ3v) is 4.48. The van der Waals surface area contributed by atoms with E-state index < -0.39 is 5.54 Å². The Hall–Kier alpha value is -0.570. The molecular weight excluding hydrogens is 238 g/mol. The zero-order chi connectivity index (χ0) is 14.5. The maximum absolute atomic E-state index is 11.9. The molecule has 1 aliphatic rings. The number of rotatable bonds is 6. The molecule has 0 bridgehead atoms. The van der Waals surface area contributed by atoms with Crippen LogP contribution < -0.4 is 5.32 Å². The van der Waals surface area contributed by atoms with E-state index in [4.69, 9.17) is 4.74 Å². The summed E-state index contributed by atoms with van der Waals surface area (Å²) in [4.78, 5) is 11.9. The second-order valence-electron chi connectivity index (χ2n) is 7.02. The van der Waals surface area contributed by atoms with E-state index >= 15 is 0 Å². The fraction of sp³-hybridized carbons (Fsp3) is 0.938. The van der Waals surface area contributed by atoms with Crippen LogP contribution in [0.25, 0.3) is 0 Å². The molecule has 3 nitrogen and oxygen atoms in total. The van der Waals surface area contributed by atoms with Gasteiger partial charge in [0, 0.05) is 6.54 Å². The average molecular weight is 269 g/mol. The van der Waals surface area contributed by atoms with E-state index in [1.54, 1.807) is 0 Å². The van der Waals surface area contributed by atoms with Gasteiger partial charge in [-0.3, -0.25) is 4.79 Å². The van der Waals surface area contributed by atoms with Crippen LogP contribution in [-0.2, 0) is 9.53 Å². The minimum atomic E-state index is -0.595. The number of carbonyl (C=O) groups excluding carboxylic acids is 1. The Morgan fingerprint density at radius 1 is 1.16 bits per heavy atom. The minimum absolute atomic E-state index is 0.158. The van der Waals surface area contributed by atoms with Gasteiger partial charge in [-0.05, 0) is 44.9 Å². The predicted molar refractivity (Wildman–Crippen MR) is 79.1 cm³/mol. The highest BCUT2D eigenvalue weighted by Crippen LogP contribution is 2.38.